The number of aliphatic hydroxyl groups is 3. The number of para-hydroxylation sites is 1. The van der Waals surface area contributed by atoms with Crippen LogP contribution in [0.3, 0.4) is 0 Å². The van der Waals surface area contributed by atoms with Gasteiger partial charge in [-0.2, -0.15) is 0 Å². The maximum absolute atomic E-state index is 13.3. The Morgan fingerprint density at radius 3 is 2.14 bits per heavy atom. The third-order valence-corrected chi connectivity index (χ3v) is 17.7. The second-order valence-corrected chi connectivity index (χ2v) is 23.3. The molecule has 1 aliphatic heterocycles. The lowest BCUT2D eigenvalue weighted by molar-refractivity contribution is -0.228. The molecule has 4 aromatic rings. The molecule has 5 aliphatic rings. The number of H-pyrrole nitrogens is 1. The second kappa shape index (κ2) is 23.2. The Hall–Kier alpha value is -5.87. The zero-order chi connectivity index (χ0) is 55.6. The van der Waals surface area contributed by atoms with Gasteiger partial charge in [0.25, 0.3) is 11.8 Å². The molecule has 0 spiro atoms. The molecule has 77 heavy (non-hydrogen) atoms. The number of nitrogens with one attached hydrogen (secondary N) is 2. The van der Waals surface area contributed by atoms with E-state index in [1.165, 1.54) is 51.9 Å². The SMILES string of the molecule is CCCCCCCCCCCCCC(=O)O[C@@H]1[C@@H](C)[C@@]2(O)[C@@H](C=C(CO)C[C@]3(O)C(=O)C(C)=C[C@@H]23)[C@@H]2C(C)(C)[C@]12OC(C)=O.COc1ccc2c(c1)c(C1=C(c3c[nH]c4ccccc34)C(=O)NC1=O)cn2CCCN(C)C. The molecule has 9 rings (SSSR count). The van der Waals surface area contributed by atoms with E-state index in [4.69, 9.17) is 14.2 Å². The number of nitrogens with zero attached hydrogens (tertiary/aromatic N) is 2. The number of fused-ring (bicyclic) bond motifs is 7. The Kier molecular flexibility index (Phi) is 17.3. The first kappa shape index (κ1) is 57.3. The van der Waals surface area contributed by atoms with E-state index >= 15 is 0 Å². The summed E-state index contributed by atoms with van der Waals surface area (Å²) in [6.45, 7) is 12.2. The first-order chi connectivity index (χ1) is 36.7. The number of carbonyl (C=O) groups excluding carboxylic acids is 5. The molecule has 2 aromatic heterocycles. The van der Waals surface area contributed by atoms with Gasteiger partial charge in [-0.1, -0.05) is 122 Å². The lowest BCUT2D eigenvalue weighted by Gasteiger charge is -2.53. The van der Waals surface area contributed by atoms with Gasteiger partial charge in [-0.25, -0.2) is 0 Å². The third-order valence-electron chi connectivity index (χ3n) is 17.7. The maximum Gasteiger partial charge on any atom is 0.306 e. The van der Waals surface area contributed by atoms with Gasteiger partial charge < -0.3 is 44.0 Å². The molecule has 0 radical (unpaired) electrons. The van der Waals surface area contributed by atoms with E-state index in [0.717, 1.165) is 71.7 Å². The zero-order valence-electron chi connectivity index (χ0n) is 46.8. The number of amides is 2. The van der Waals surface area contributed by atoms with Crippen molar-refractivity contribution in [2.75, 3.05) is 34.4 Å². The molecular formula is C62H82N4O11. The van der Waals surface area contributed by atoms with Crippen LogP contribution in [0.15, 0.2) is 78.2 Å². The van der Waals surface area contributed by atoms with Crippen LogP contribution in [0.1, 0.15) is 143 Å². The molecular weight excluding hydrogens is 977 g/mol. The van der Waals surface area contributed by atoms with E-state index < -0.39 is 69.7 Å². The maximum atomic E-state index is 13.3. The molecule has 15 heteroatoms. The standard InChI is InChI=1S/C36H56O8.C26H26N4O3/c1-7-8-9-10-11-12-13-14-15-16-17-18-29(39)43-32-24(3)35(42)27(30-33(5,6)36(30,32)44-25(4)38)20-26(22-37)21-34(41)28(35)19-23(2)31(34)40;1-29(2)11-6-12-30-15-20(18-13-16(33-3)9-10-22(18)30)24-23(25(31)28-26(24)32)19-14-27-21-8-5-4-7-17(19)21/h19-20,24,27-28,30,32,37,41-42H,7-18,21-22H2,1-6H3;4-5,7-10,13-15,27H,6,11-12H2,1-3H3,(H,28,31,32)/t24-,27+,28-,30-,32-,34-,35-,36-;/m1./s1. The molecule has 0 unspecified atom stereocenters. The fourth-order valence-corrected chi connectivity index (χ4v) is 13.8. The van der Waals surface area contributed by atoms with Gasteiger partial charge in [-0.15, -0.1) is 0 Å². The number of aromatic amines is 1. The van der Waals surface area contributed by atoms with E-state index in [0.29, 0.717) is 34.5 Å². The van der Waals surface area contributed by atoms with Crippen LogP contribution in [0.5, 0.6) is 5.75 Å². The van der Waals surface area contributed by atoms with Gasteiger partial charge in [0, 0.05) is 101 Å². The van der Waals surface area contributed by atoms with Crippen molar-refractivity contribution in [1.29, 1.82) is 0 Å². The molecule has 2 fully saturated rings. The monoisotopic (exact) mass is 1060 g/mol. The molecule has 0 saturated heterocycles. The number of ketones is 1. The third kappa shape index (κ3) is 10.6. The van der Waals surface area contributed by atoms with Gasteiger partial charge in [0.05, 0.1) is 30.5 Å². The number of benzene rings is 2. The topological polar surface area (TPSA) is 210 Å². The summed E-state index contributed by atoms with van der Waals surface area (Å²) in [6, 6.07) is 13.6. The first-order valence-electron chi connectivity index (χ1n) is 28.1. The Balaban J connectivity index is 0.000000211. The summed E-state index contributed by atoms with van der Waals surface area (Å²) >= 11 is 0. The number of unbranched alkanes of at least 4 members (excludes halogenated alkanes) is 10. The van der Waals surface area contributed by atoms with Gasteiger partial charge >= 0.3 is 11.9 Å². The summed E-state index contributed by atoms with van der Waals surface area (Å²) in [7, 11) is 5.73. The number of hydrogen-bond acceptors (Lipinski definition) is 12. The molecule has 2 amide bonds. The summed E-state index contributed by atoms with van der Waals surface area (Å²) in [5.41, 5.74) is -0.542. The Labute approximate surface area is 453 Å². The number of ether oxygens (including phenoxy) is 3. The molecule has 0 bridgehead atoms. The average molecular weight is 1060 g/mol. The Morgan fingerprint density at radius 2 is 1.51 bits per heavy atom. The number of hydrogen-bond donors (Lipinski definition) is 5. The summed E-state index contributed by atoms with van der Waals surface area (Å²) in [5.74, 6) is -4.35. The Morgan fingerprint density at radius 1 is 0.857 bits per heavy atom. The molecule has 3 heterocycles. The van der Waals surface area contributed by atoms with Crippen LogP contribution in [-0.4, -0.2) is 117 Å². The molecule has 416 valence electrons. The van der Waals surface area contributed by atoms with Crippen LogP contribution in [0.25, 0.3) is 33.0 Å². The van der Waals surface area contributed by atoms with Crippen LogP contribution in [0, 0.1) is 29.1 Å². The molecule has 5 N–H and O–H groups in total. The highest BCUT2D eigenvalue weighted by Gasteiger charge is 2.87. The van der Waals surface area contributed by atoms with Crippen molar-refractivity contribution in [3.05, 3.63) is 89.3 Å². The quantitative estimate of drug-likeness (QED) is 0.0216. The number of carbonyl (C=O) groups is 5. The molecule has 2 saturated carbocycles. The van der Waals surface area contributed by atoms with Crippen LogP contribution >= 0.6 is 0 Å². The molecule has 2 aromatic carbocycles. The normalized spacial score (nSPS) is 27.1. The van der Waals surface area contributed by atoms with Crippen molar-refractivity contribution < 1.29 is 53.5 Å². The smallest absolute Gasteiger partial charge is 0.306 e. The number of esters is 2. The van der Waals surface area contributed by atoms with Crippen LogP contribution in [0.4, 0.5) is 0 Å². The minimum atomic E-state index is -1.93. The number of Topliss-reactive ketones (excluding diaryl/α,β-unsaturated/α-hetero) is 1. The second-order valence-electron chi connectivity index (χ2n) is 23.3. The van der Waals surface area contributed by atoms with Gasteiger partial charge in [-0.3, -0.25) is 29.3 Å². The lowest BCUT2D eigenvalue weighted by Crippen LogP contribution is -2.66. The van der Waals surface area contributed by atoms with Crippen LogP contribution in [-0.2, 0) is 40.0 Å². The highest BCUT2D eigenvalue weighted by Crippen LogP contribution is 2.77. The van der Waals surface area contributed by atoms with Crippen molar-refractivity contribution in [3.8, 4) is 5.75 Å². The molecule has 4 aliphatic carbocycles. The highest BCUT2D eigenvalue weighted by atomic mass is 16.6. The number of aromatic nitrogens is 2. The highest BCUT2D eigenvalue weighted by molar-refractivity contribution is 6.50. The summed E-state index contributed by atoms with van der Waals surface area (Å²) in [4.78, 5) is 70.6. The van der Waals surface area contributed by atoms with Crippen LogP contribution in [0.2, 0.25) is 0 Å². The van der Waals surface area contributed by atoms with E-state index in [9.17, 15) is 39.3 Å². The lowest BCUT2D eigenvalue weighted by atomic mass is 9.59. The van der Waals surface area contributed by atoms with Gasteiger partial charge in [0.1, 0.15) is 17.5 Å². The van der Waals surface area contributed by atoms with Crippen molar-refractivity contribution >= 4 is 62.5 Å². The number of imide groups is 1. The fourth-order valence-electron chi connectivity index (χ4n) is 13.8. The Bertz CT molecular complexity index is 2980. The van der Waals surface area contributed by atoms with Gasteiger partial charge in [-0.05, 0) is 75.8 Å². The number of methoxy groups -OCH3 is 1. The van der Waals surface area contributed by atoms with Crippen molar-refractivity contribution in [2.24, 2.45) is 29.1 Å². The largest absolute Gasteiger partial charge is 0.497 e. The van der Waals surface area contributed by atoms with Crippen molar-refractivity contribution in [1.82, 2.24) is 19.8 Å². The number of rotatable bonds is 22. The molecule has 8 atom stereocenters. The van der Waals surface area contributed by atoms with Crippen molar-refractivity contribution in [2.45, 2.75) is 161 Å². The first-order valence-corrected chi connectivity index (χ1v) is 28.1. The predicted octanol–water partition coefficient (Wildman–Crippen LogP) is 9.40. The van der Waals surface area contributed by atoms with E-state index in [1.807, 2.05) is 62.5 Å². The van der Waals surface area contributed by atoms with E-state index in [1.54, 1.807) is 39.3 Å². The van der Waals surface area contributed by atoms with Gasteiger partial charge in [0.2, 0.25) is 0 Å². The fraction of sp³-hybridized carbons (Fsp3) is 0.565. The zero-order valence-corrected chi connectivity index (χ0v) is 46.8. The van der Waals surface area contributed by atoms with Crippen molar-refractivity contribution in [3.63, 3.8) is 0 Å². The molecule has 15 nitrogen and oxygen atoms in total. The van der Waals surface area contributed by atoms with Gasteiger partial charge in [0.15, 0.2) is 11.4 Å². The minimum absolute atomic E-state index is 0.108. The van der Waals surface area contributed by atoms with E-state index in [-0.39, 0.29) is 31.3 Å². The van der Waals surface area contributed by atoms with E-state index in [2.05, 4.69) is 40.8 Å². The van der Waals surface area contributed by atoms with Crippen LogP contribution < -0.4 is 10.1 Å². The predicted molar refractivity (Wildman–Crippen MR) is 297 cm³/mol. The summed E-state index contributed by atoms with van der Waals surface area (Å²) in [6.07, 6.45) is 20.1. The average Bonchev–Trinajstić information content (AvgIpc) is 3.80. The number of aliphatic hydroxyl groups excluding tert-OH is 1. The summed E-state index contributed by atoms with van der Waals surface area (Å²) < 4.78 is 19.9. The number of aryl methyl sites for hydroxylation is 1. The minimum Gasteiger partial charge on any atom is -0.497 e. The summed E-state index contributed by atoms with van der Waals surface area (Å²) in [5, 5.41) is 39.1.